The third-order valence-corrected chi connectivity index (χ3v) is 5.70. The Kier molecular flexibility index (Phi) is 5.20. The molecule has 1 fully saturated rings. The molecule has 0 radical (unpaired) electrons. The summed E-state index contributed by atoms with van der Waals surface area (Å²) in [5.74, 6) is 0.195. The van der Waals surface area contributed by atoms with E-state index in [0.29, 0.717) is 5.13 Å². The number of aromatic nitrogens is 1. The molecule has 2 atom stereocenters. The van der Waals surface area contributed by atoms with Crippen LogP contribution in [-0.2, 0) is 9.59 Å². The lowest BCUT2D eigenvalue weighted by atomic mass is 10.1. The highest BCUT2D eigenvalue weighted by Crippen LogP contribution is 2.59. The Morgan fingerprint density at radius 3 is 2.37 bits per heavy atom. The van der Waals surface area contributed by atoms with Gasteiger partial charge in [0.05, 0.1) is 11.6 Å². The van der Waals surface area contributed by atoms with Crippen molar-refractivity contribution in [3.8, 4) is 11.3 Å². The second-order valence-corrected chi connectivity index (χ2v) is 8.71. The molecular weight excluding hydrogens is 358 g/mol. The Balaban J connectivity index is 1.67. The van der Waals surface area contributed by atoms with Crippen LogP contribution in [0.3, 0.4) is 0 Å². The molecule has 2 N–H and O–H groups in total. The molecule has 1 aromatic heterocycles. The summed E-state index contributed by atoms with van der Waals surface area (Å²) in [4.78, 5) is 28.3. The highest BCUT2D eigenvalue weighted by Gasteiger charge is 2.60. The van der Waals surface area contributed by atoms with E-state index in [9.17, 15) is 9.59 Å². The second-order valence-electron chi connectivity index (χ2n) is 7.85. The van der Waals surface area contributed by atoms with Crippen molar-refractivity contribution in [3.63, 3.8) is 0 Å². The summed E-state index contributed by atoms with van der Waals surface area (Å²) in [5, 5.41) is 8.25. The van der Waals surface area contributed by atoms with Gasteiger partial charge in [-0.2, -0.15) is 0 Å². The molecule has 1 aromatic carbocycles. The zero-order valence-corrected chi connectivity index (χ0v) is 17.1. The van der Waals surface area contributed by atoms with E-state index < -0.39 is 0 Å². The van der Waals surface area contributed by atoms with Crippen molar-refractivity contribution in [2.24, 2.45) is 17.3 Å². The zero-order valence-electron chi connectivity index (χ0n) is 16.3. The second kappa shape index (κ2) is 7.27. The number of carbonyl (C=O) groups excluding carboxylic acids is 2. The van der Waals surface area contributed by atoms with Crippen LogP contribution in [0, 0.1) is 17.3 Å². The average molecular weight is 384 g/mol. The van der Waals surface area contributed by atoms with E-state index in [1.54, 1.807) is 0 Å². The van der Waals surface area contributed by atoms with Crippen molar-refractivity contribution in [2.45, 2.75) is 34.6 Å². The molecule has 27 heavy (non-hydrogen) atoms. The molecule has 1 saturated carbocycles. The van der Waals surface area contributed by atoms with Gasteiger partial charge in [-0.25, -0.2) is 4.98 Å². The maximum atomic E-state index is 12.7. The summed E-state index contributed by atoms with van der Waals surface area (Å²) in [6, 6.07) is 7.48. The molecule has 1 aliphatic rings. The number of benzene rings is 1. The quantitative estimate of drug-likeness (QED) is 0.718. The van der Waals surface area contributed by atoms with Crippen LogP contribution in [0.2, 0.25) is 0 Å². The van der Waals surface area contributed by atoms with Gasteiger partial charge in [-0.05, 0) is 37.3 Å². The normalized spacial score (nSPS) is 19.9. The highest BCUT2D eigenvalue weighted by molar-refractivity contribution is 7.14. The number of rotatable bonds is 5. The van der Waals surface area contributed by atoms with E-state index in [-0.39, 0.29) is 29.1 Å². The van der Waals surface area contributed by atoms with E-state index in [2.05, 4.69) is 49.4 Å². The standard InChI is InChI=1S/C21H25N3O2S/c1-12(2)10-16-18(21(16,4)5)19(26)24-20-23-17(11-27-20)14-6-8-15(9-7-14)22-13(3)25/h6-11,16,18H,1-5H3,(H,22,25)(H,23,24,26). The van der Waals surface area contributed by atoms with E-state index in [0.717, 1.165) is 16.9 Å². The van der Waals surface area contributed by atoms with Crippen molar-refractivity contribution in [1.29, 1.82) is 0 Å². The first-order valence-electron chi connectivity index (χ1n) is 8.98. The van der Waals surface area contributed by atoms with Crippen molar-refractivity contribution in [2.75, 3.05) is 10.6 Å². The Morgan fingerprint density at radius 2 is 1.78 bits per heavy atom. The highest BCUT2D eigenvalue weighted by atomic mass is 32.1. The third kappa shape index (κ3) is 4.27. The van der Waals surface area contributed by atoms with Crippen molar-refractivity contribution < 1.29 is 9.59 Å². The predicted molar refractivity (Wildman–Crippen MR) is 111 cm³/mol. The molecule has 3 rings (SSSR count). The number of hydrogen-bond donors (Lipinski definition) is 2. The summed E-state index contributed by atoms with van der Waals surface area (Å²) < 4.78 is 0. The fourth-order valence-corrected chi connectivity index (χ4v) is 4.15. The number of carbonyl (C=O) groups is 2. The number of nitrogens with zero attached hydrogens (tertiary/aromatic N) is 1. The molecule has 2 amide bonds. The van der Waals surface area contributed by atoms with Gasteiger partial charge in [0.15, 0.2) is 5.13 Å². The van der Waals surface area contributed by atoms with Gasteiger partial charge in [-0.3, -0.25) is 9.59 Å². The van der Waals surface area contributed by atoms with Crippen LogP contribution in [0.25, 0.3) is 11.3 Å². The molecular formula is C21H25N3O2S. The molecule has 0 saturated heterocycles. The largest absolute Gasteiger partial charge is 0.326 e. The van der Waals surface area contributed by atoms with Crippen LogP contribution in [0.4, 0.5) is 10.8 Å². The van der Waals surface area contributed by atoms with Gasteiger partial charge in [-0.1, -0.05) is 37.6 Å². The van der Waals surface area contributed by atoms with Crippen LogP contribution in [0.1, 0.15) is 34.6 Å². The third-order valence-electron chi connectivity index (χ3n) is 4.94. The van der Waals surface area contributed by atoms with Gasteiger partial charge in [0.25, 0.3) is 0 Å². The van der Waals surface area contributed by atoms with Crippen LogP contribution in [0.15, 0.2) is 41.3 Å². The first-order chi connectivity index (χ1) is 12.7. The number of thiazole rings is 1. The van der Waals surface area contributed by atoms with E-state index in [1.807, 2.05) is 29.6 Å². The van der Waals surface area contributed by atoms with Crippen LogP contribution >= 0.6 is 11.3 Å². The topological polar surface area (TPSA) is 71.1 Å². The molecule has 0 spiro atoms. The maximum absolute atomic E-state index is 12.7. The lowest BCUT2D eigenvalue weighted by Gasteiger charge is -2.03. The Labute approximate surface area is 163 Å². The van der Waals surface area contributed by atoms with Gasteiger partial charge < -0.3 is 10.6 Å². The summed E-state index contributed by atoms with van der Waals surface area (Å²) in [7, 11) is 0. The first-order valence-corrected chi connectivity index (χ1v) is 9.86. The fourth-order valence-electron chi connectivity index (χ4n) is 3.42. The first kappa shape index (κ1) is 19.3. The predicted octanol–water partition coefficient (Wildman–Crippen LogP) is 4.95. The summed E-state index contributed by atoms with van der Waals surface area (Å²) >= 11 is 1.42. The van der Waals surface area contributed by atoms with Gasteiger partial charge in [0.2, 0.25) is 11.8 Å². The Hall–Kier alpha value is -2.47. The lowest BCUT2D eigenvalue weighted by molar-refractivity contribution is -0.118. The van der Waals surface area contributed by atoms with Gasteiger partial charge >= 0.3 is 0 Å². The smallest absolute Gasteiger partial charge is 0.230 e. The molecule has 5 nitrogen and oxygen atoms in total. The molecule has 0 bridgehead atoms. The molecule has 1 aliphatic carbocycles. The summed E-state index contributed by atoms with van der Waals surface area (Å²) in [5.41, 5.74) is 3.72. The lowest BCUT2D eigenvalue weighted by Crippen LogP contribution is -2.16. The fraction of sp³-hybridized carbons (Fsp3) is 0.381. The number of amides is 2. The zero-order chi connectivity index (χ0) is 19.8. The van der Waals surface area contributed by atoms with Crippen LogP contribution in [-0.4, -0.2) is 16.8 Å². The number of anilines is 2. The molecule has 1 heterocycles. The maximum Gasteiger partial charge on any atom is 0.230 e. The van der Waals surface area contributed by atoms with E-state index in [4.69, 9.17) is 0 Å². The minimum Gasteiger partial charge on any atom is -0.326 e. The minimum absolute atomic E-state index is 0.0129. The minimum atomic E-state index is -0.101. The number of allylic oxidation sites excluding steroid dienone is 2. The summed E-state index contributed by atoms with van der Waals surface area (Å²) in [6.45, 7) is 9.87. The molecule has 2 aromatic rings. The van der Waals surface area contributed by atoms with Crippen molar-refractivity contribution >= 4 is 34.0 Å². The Bertz CT molecular complexity index is 892. The Morgan fingerprint density at radius 1 is 1.11 bits per heavy atom. The van der Waals surface area contributed by atoms with Crippen LogP contribution < -0.4 is 10.6 Å². The molecule has 2 unspecified atom stereocenters. The molecule has 0 aliphatic heterocycles. The van der Waals surface area contributed by atoms with Crippen molar-refractivity contribution in [1.82, 2.24) is 4.98 Å². The van der Waals surface area contributed by atoms with E-state index in [1.165, 1.54) is 23.8 Å². The van der Waals surface area contributed by atoms with Crippen molar-refractivity contribution in [3.05, 3.63) is 41.3 Å². The van der Waals surface area contributed by atoms with Gasteiger partial charge in [-0.15, -0.1) is 11.3 Å². The van der Waals surface area contributed by atoms with E-state index >= 15 is 0 Å². The summed E-state index contributed by atoms with van der Waals surface area (Å²) in [6.07, 6.45) is 2.19. The van der Waals surface area contributed by atoms with Crippen LogP contribution in [0.5, 0.6) is 0 Å². The number of nitrogens with one attached hydrogen (secondary N) is 2. The molecule has 6 heteroatoms. The van der Waals surface area contributed by atoms with Gasteiger partial charge in [0.1, 0.15) is 0 Å². The number of hydrogen-bond acceptors (Lipinski definition) is 4. The monoisotopic (exact) mass is 383 g/mol. The molecule has 142 valence electrons. The SMILES string of the molecule is CC(=O)Nc1ccc(-c2csc(NC(=O)C3C(C=C(C)C)C3(C)C)n2)cc1. The average Bonchev–Trinajstić information content (AvgIpc) is 2.91. The van der Waals surface area contributed by atoms with Gasteiger partial charge in [0, 0.05) is 23.6 Å².